The first-order valence-electron chi connectivity index (χ1n) is 6.98. The van der Waals surface area contributed by atoms with Crippen LogP contribution in [0.1, 0.15) is 18.2 Å². The lowest BCUT2D eigenvalue weighted by Crippen LogP contribution is -2.44. The summed E-state index contributed by atoms with van der Waals surface area (Å²) < 4.78 is 23.7. The second-order valence-corrected chi connectivity index (χ2v) is 8.99. The number of hydrogen-bond donors (Lipinski definition) is 2. The molecular weight excluding hydrogens is 330 g/mol. The van der Waals surface area contributed by atoms with Gasteiger partial charge in [-0.3, -0.25) is 4.99 Å². The number of sulfone groups is 1. The lowest BCUT2D eigenvalue weighted by molar-refractivity contribution is 0.599. The predicted molar refractivity (Wildman–Crippen MR) is 89.2 cm³/mol. The third-order valence-electron chi connectivity index (χ3n) is 3.17. The van der Waals surface area contributed by atoms with Gasteiger partial charge in [-0.15, -0.1) is 11.3 Å². The smallest absolute Gasteiger partial charge is 0.191 e. The number of nitrogens with one attached hydrogen (secondary N) is 2. The lowest BCUT2D eigenvalue weighted by atomic mass is 10.3. The minimum atomic E-state index is -2.88. The van der Waals surface area contributed by atoms with Gasteiger partial charge in [0.05, 0.1) is 15.8 Å². The average Bonchev–Trinajstić information content (AvgIpc) is 2.96. The fourth-order valence-electron chi connectivity index (χ4n) is 2.19. The van der Waals surface area contributed by atoms with Crippen LogP contribution in [-0.4, -0.2) is 45.0 Å². The summed E-state index contributed by atoms with van der Waals surface area (Å²) in [7, 11) is -2.88. The molecule has 0 spiro atoms. The van der Waals surface area contributed by atoms with Crippen LogP contribution in [0, 0.1) is 0 Å². The van der Waals surface area contributed by atoms with E-state index in [0.717, 1.165) is 17.3 Å². The zero-order chi connectivity index (χ0) is 15.3. The number of guanidine groups is 1. The highest BCUT2D eigenvalue weighted by molar-refractivity contribution is 7.91. The summed E-state index contributed by atoms with van der Waals surface area (Å²) in [5.74, 6) is 1.14. The van der Waals surface area contributed by atoms with Crippen LogP contribution < -0.4 is 10.6 Å². The van der Waals surface area contributed by atoms with Crippen molar-refractivity contribution in [1.29, 1.82) is 0 Å². The molecule has 2 rings (SSSR count). The quantitative estimate of drug-likeness (QED) is 0.627. The molecule has 0 radical (unpaired) electrons. The molecule has 1 aromatic heterocycles. The van der Waals surface area contributed by atoms with Crippen LogP contribution in [0.2, 0.25) is 4.34 Å². The number of thiophene rings is 1. The first-order valence-corrected chi connectivity index (χ1v) is 9.99. The Bertz CT molecular complexity index is 598. The molecule has 1 aliphatic rings. The molecule has 0 aliphatic carbocycles. The van der Waals surface area contributed by atoms with Gasteiger partial charge < -0.3 is 10.6 Å². The maximum Gasteiger partial charge on any atom is 0.191 e. The van der Waals surface area contributed by atoms with E-state index in [0.29, 0.717) is 18.9 Å². The van der Waals surface area contributed by atoms with Crippen molar-refractivity contribution in [3.63, 3.8) is 0 Å². The van der Waals surface area contributed by atoms with E-state index in [9.17, 15) is 8.42 Å². The van der Waals surface area contributed by atoms with Crippen LogP contribution in [0.3, 0.4) is 0 Å². The Balaban J connectivity index is 1.87. The van der Waals surface area contributed by atoms with E-state index in [2.05, 4.69) is 15.6 Å². The number of halogens is 1. The van der Waals surface area contributed by atoms with Crippen LogP contribution >= 0.6 is 22.9 Å². The van der Waals surface area contributed by atoms with E-state index in [1.807, 2.05) is 19.1 Å². The molecular formula is C13H20ClN3O2S2. The minimum absolute atomic E-state index is 0.0380. The van der Waals surface area contributed by atoms with Crippen LogP contribution in [-0.2, 0) is 16.3 Å². The summed E-state index contributed by atoms with van der Waals surface area (Å²) >= 11 is 7.45. The monoisotopic (exact) mass is 349 g/mol. The standard InChI is InChI=1S/C13H20ClN3O2S2/c1-2-15-13(17-10-6-8-21(18,19)9-10)16-7-5-11-3-4-12(14)20-11/h3-4,10H,2,5-9H2,1H3,(H2,15,16,17). The molecule has 2 N–H and O–H groups in total. The van der Waals surface area contributed by atoms with Crippen molar-refractivity contribution >= 4 is 38.7 Å². The highest BCUT2D eigenvalue weighted by Gasteiger charge is 2.28. The molecule has 1 atom stereocenters. The van der Waals surface area contributed by atoms with Crippen molar-refractivity contribution in [2.75, 3.05) is 24.6 Å². The number of nitrogens with zero attached hydrogens (tertiary/aromatic N) is 1. The fourth-order valence-corrected chi connectivity index (χ4v) is 4.94. The molecule has 1 unspecified atom stereocenters. The second-order valence-electron chi connectivity index (χ2n) is 4.96. The van der Waals surface area contributed by atoms with E-state index in [4.69, 9.17) is 11.6 Å². The van der Waals surface area contributed by atoms with Gasteiger partial charge in [0.1, 0.15) is 0 Å². The molecule has 1 saturated heterocycles. The van der Waals surface area contributed by atoms with Gasteiger partial charge >= 0.3 is 0 Å². The van der Waals surface area contributed by atoms with Crippen molar-refractivity contribution in [2.45, 2.75) is 25.8 Å². The zero-order valence-electron chi connectivity index (χ0n) is 11.9. The van der Waals surface area contributed by atoms with Crippen LogP contribution in [0.5, 0.6) is 0 Å². The van der Waals surface area contributed by atoms with E-state index in [1.54, 1.807) is 11.3 Å². The van der Waals surface area contributed by atoms with Crippen molar-refractivity contribution in [1.82, 2.24) is 10.6 Å². The van der Waals surface area contributed by atoms with Crippen LogP contribution in [0.25, 0.3) is 0 Å². The molecule has 0 bridgehead atoms. The molecule has 0 aromatic carbocycles. The number of aliphatic imine (C=N–C) groups is 1. The summed E-state index contributed by atoms with van der Waals surface area (Å²) in [5.41, 5.74) is 0. The summed E-state index contributed by atoms with van der Waals surface area (Å²) in [5, 5.41) is 6.35. The average molecular weight is 350 g/mol. The summed E-state index contributed by atoms with van der Waals surface area (Å²) in [6.07, 6.45) is 1.48. The molecule has 1 fully saturated rings. The Morgan fingerprint density at radius 2 is 2.33 bits per heavy atom. The van der Waals surface area contributed by atoms with Gasteiger partial charge in [-0.2, -0.15) is 0 Å². The molecule has 5 nitrogen and oxygen atoms in total. The van der Waals surface area contributed by atoms with Gasteiger partial charge in [-0.25, -0.2) is 8.42 Å². The van der Waals surface area contributed by atoms with Gasteiger partial charge in [-0.1, -0.05) is 11.6 Å². The number of rotatable bonds is 5. The summed E-state index contributed by atoms with van der Waals surface area (Å²) in [6.45, 7) is 3.38. The Kier molecular flexibility index (Phi) is 5.89. The van der Waals surface area contributed by atoms with Gasteiger partial charge in [0.2, 0.25) is 0 Å². The summed E-state index contributed by atoms with van der Waals surface area (Å²) in [4.78, 5) is 5.69. The molecule has 118 valence electrons. The molecule has 0 saturated carbocycles. The minimum Gasteiger partial charge on any atom is -0.357 e. The first-order chi connectivity index (χ1) is 9.98. The SMILES string of the molecule is CCNC(=NCCc1ccc(Cl)s1)NC1CCS(=O)(=O)C1. The molecule has 8 heteroatoms. The van der Waals surface area contributed by atoms with Gasteiger partial charge in [0.25, 0.3) is 0 Å². The Hall–Kier alpha value is -0.790. The van der Waals surface area contributed by atoms with E-state index < -0.39 is 9.84 Å². The van der Waals surface area contributed by atoms with E-state index >= 15 is 0 Å². The maximum atomic E-state index is 11.5. The predicted octanol–water partition coefficient (Wildman–Crippen LogP) is 1.69. The van der Waals surface area contributed by atoms with Gasteiger partial charge in [-0.05, 0) is 25.5 Å². The second kappa shape index (κ2) is 7.47. The normalized spacial score (nSPS) is 21.4. The van der Waals surface area contributed by atoms with Crippen molar-refractivity contribution in [2.24, 2.45) is 4.99 Å². The Labute approximate surface area is 134 Å². The van der Waals surface area contributed by atoms with Crippen molar-refractivity contribution < 1.29 is 8.42 Å². The third-order valence-corrected chi connectivity index (χ3v) is 6.23. The molecule has 1 aromatic rings. The molecule has 21 heavy (non-hydrogen) atoms. The maximum absolute atomic E-state index is 11.5. The third kappa shape index (κ3) is 5.48. The van der Waals surface area contributed by atoms with Crippen molar-refractivity contribution in [3.8, 4) is 0 Å². The van der Waals surface area contributed by atoms with Gasteiger partial charge in [0.15, 0.2) is 15.8 Å². The van der Waals surface area contributed by atoms with Crippen LogP contribution in [0.15, 0.2) is 17.1 Å². The molecule has 2 heterocycles. The highest BCUT2D eigenvalue weighted by Crippen LogP contribution is 2.21. The Morgan fingerprint density at radius 3 is 2.90 bits per heavy atom. The first kappa shape index (κ1) is 16.6. The fraction of sp³-hybridized carbons (Fsp3) is 0.615. The molecule has 1 aliphatic heterocycles. The Morgan fingerprint density at radius 1 is 1.52 bits per heavy atom. The summed E-state index contributed by atoms with van der Waals surface area (Å²) in [6, 6.07) is 3.86. The van der Waals surface area contributed by atoms with E-state index in [-0.39, 0.29) is 17.5 Å². The van der Waals surface area contributed by atoms with E-state index in [1.165, 1.54) is 4.88 Å². The molecule has 0 amide bonds. The van der Waals surface area contributed by atoms with Gasteiger partial charge in [0, 0.05) is 30.4 Å². The zero-order valence-corrected chi connectivity index (χ0v) is 14.3. The van der Waals surface area contributed by atoms with Crippen molar-refractivity contribution in [3.05, 3.63) is 21.3 Å². The lowest BCUT2D eigenvalue weighted by Gasteiger charge is -2.15. The topological polar surface area (TPSA) is 70.6 Å². The highest BCUT2D eigenvalue weighted by atomic mass is 35.5. The largest absolute Gasteiger partial charge is 0.357 e. The number of hydrogen-bond acceptors (Lipinski definition) is 4. The van der Waals surface area contributed by atoms with Crippen LogP contribution in [0.4, 0.5) is 0 Å².